The lowest BCUT2D eigenvalue weighted by Gasteiger charge is -2.12. The molecule has 1 heterocycles. The molecule has 0 saturated carbocycles. The highest BCUT2D eigenvalue weighted by Gasteiger charge is 2.16. The summed E-state index contributed by atoms with van der Waals surface area (Å²) in [6.07, 6.45) is 0. The van der Waals surface area contributed by atoms with Gasteiger partial charge >= 0.3 is 0 Å². The Balaban J connectivity index is 2.43. The normalized spacial score (nSPS) is 12.8. The lowest BCUT2D eigenvalue weighted by Crippen LogP contribution is -2.12. The van der Waals surface area contributed by atoms with Crippen LogP contribution < -0.4 is 5.73 Å². The summed E-state index contributed by atoms with van der Waals surface area (Å²) in [4.78, 5) is 0. The third-order valence-electron chi connectivity index (χ3n) is 2.65. The van der Waals surface area contributed by atoms with E-state index in [-0.39, 0.29) is 6.04 Å². The van der Waals surface area contributed by atoms with Gasteiger partial charge in [-0.15, -0.1) is 0 Å². The SMILES string of the molecule is Cc1cc(C(N)c2ccccc2Br)c(C)o1. The third kappa shape index (κ3) is 2.06. The van der Waals surface area contributed by atoms with E-state index in [0.717, 1.165) is 27.1 Å². The van der Waals surface area contributed by atoms with Crippen molar-refractivity contribution in [3.05, 3.63) is 57.5 Å². The summed E-state index contributed by atoms with van der Waals surface area (Å²) in [5.74, 6) is 1.79. The van der Waals surface area contributed by atoms with Crippen LogP contribution in [0.1, 0.15) is 28.7 Å². The van der Waals surface area contributed by atoms with Crippen molar-refractivity contribution < 1.29 is 4.42 Å². The standard InChI is InChI=1S/C13H14BrNO/c1-8-7-11(9(2)16-8)13(15)10-5-3-4-6-12(10)14/h3-7,13H,15H2,1-2H3. The van der Waals surface area contributed by atoms with E-state index in [1.54, 1.807) is 0 Å². The predicted molar refractivity (Wildman–Crippen MR) is 68.4 cm³/mol. The Kier molecular flexibility index (Phi) is 3.17. The number of furan rings is 1. The Hall–Kier alpha value is -1.06. The van der Waals surface area contributed by atoms with Gasteiger partial charge in [0.25, 0.3) is 0 Å². The van der Waals surface area contributed by atoms with Crippen molar-refractivity contribution in [2.75, 3.05) is 0 Å². The molecule has 0 fully saturated rings. The first-order valence-electron chi connectivity index (χ1n) is 5.16. The van der Waals surface area contributed by atoms with Gasteiger partial charge < -0.3 is 10.2 Å². The number of aryl methyl sites for hydroxylation is 2. The molecule has 0 bridgehead atoms. The highest BCUT2D eigenvalue weighted by Crippen LogP contribution is 2.29. The van der Waals surface area contributed by atoms with Crippen LogP contribution >= 0.6 is 15.9 Å². The van der Waals surface area contributed by atoms with Gasteiger partial charge in [-0.1, -0.05) is 34.1 Å². The van der Waals surface area contributed by atoms with Crippen LogP contribution in [-0.2, 0) is 0 Å². The molecule has 0 aliphatic rings. The fourth-order valence-corrected chi connectivity index (χ4v) is 2.39. The van der Waals surface area contributed by atoms with Crippen LogP contribution in [0.2, 0.25) is 0 Å². The minimum Gasteiger partial charge on any atom is -0.466 e. The van der Waals surface area contributed by atoms with Crippen molar-refractivity contribution in [3.63, 3.8) is 0 Å². The summed E-state index contributed by atoms with van der Waals surface area (Å²) >= 11 is 3.51. The molecule has 0 radical (unpaired) electrons. The quantitative estimate of drug-likeness (QED) is 0.910. The molecule has 0 spiro atoms. The average molecular weight is 280 g/mol. The van der Waals surface area contributed by atoms with E-state index in [9.17, 15) is 0 Å². The van der Waals surface area contributed by atoms with Gasteiger partial charge in [-0.3, -0.25) is 0 Å². The number of benzene rings is 1. The fourth-order valence-electron chi connectivity index (χ4n) is 1.85. The summed E-state index contributed by atoms with van der Waals surface area (Å²) in [5, 5.41) is 0. The Morgan fingerprint density at radius 3 is 2.44 bits per heavy atom. The van der Waals surface area contributed by atoms with Gasteiger partial charge in [0, 0.05) is 10.0 Å². The van der Waals surface area contributed by atoms with Crippen LogP contribution in [0.5, 0.6) is 0 Å². The lowest BCUT2D eigenvalue weighted by molar-refractivity contribution is 0.499. The van der Waals surface area contributed by atoms with Crippen LogP contribution in [0.15, 0.2) is 39.2 Å². The summed E-state index contributed by atoms with van der Waals surface area (Å²) < 4.78 is 6.53. The Morgan fingerprint density at radius 1 is 1.19 bits per heavy atom. The maximum atomic E-state index is 6.24. The average Bonchev–Trinajstić information content (AvgIpc) is 2.58. The number of hydrogen-bond acceptors (Lipinski definition) is 2. The molecule has 0 aliphatic heterocycles. The van der Waals surface area contributed by atoms with Gasteiger partial charge in [-0.2, -0.15) is 0 Å². The molecule has 1 atom stereocenters. The maximum absolute atomic E-state index is 6.24. The summed E-state index contributed by atoms with van der Waals surface area (Å²) in [6.45, 7) is 3.88. The molecule has 1 unspecified atom stereocenters. The first-order chi connectivity index (χ1) is 7.59. The third-order valence-corrected chi connectivity index (χ3v) is 3.38. The topological polar surface area (TPSA) is 39.2 Å². The molecule has 16 heavy (non-hydrogen) atoms. The van der Waals surface area contributed by atoms with Crippen molar-refractivity contribution in [1.82, 2.24) is 0 Å². The number of halogens is 1. The van der Waals surface area contributed by atoms with Gasteiger partial charge in [0.2, 0.25) is 0 Å². The van der Waals surface area contributed by atoms with Gasteiger partial charge in [0.05, 0.1) is 6.04 Å². The van der Waals surface area contributed by atoms with E-state index in [4.69, 9.17) is 10.2 Å². The minimum absolute atomic E-state index is 0.145. The highest BCUT2D eigenvalue weighted by atomic mass is 79.9. The molecule has 1 aromatic heterocycles. The second-order valence-electron chi connectivity index (χ2n) is 3.87. The molecule has 2 rings (SSSR count). The van der Waals surface area contributed by atoms with Gasteiger partial charge in [0.1, 0.15) is 11.5 Å². The zero-order valence-electron chi connectivity index (χ0n) is 9.33. The number of rotatable bonds is 2. The largest absolute Gasteiger partial charge is 0.466 e. The van der Waals surface area contributed by atoms with Crippen molar-refractivity contribution in [3.8, 4) is 0 Å². The number of nitrogens with two attached hydrogens (primary N) is 1. The van der Waals surface area contributed by atoms with E-state index in [0.29, 0.717) is 0 Å². The van der Waals surface area contributed by atoms with Crippen molar-refractivity contribution in [1.29, 1.82) is 0 Å². The summed E-state index contributed by atoms with van der Waals surface area (Å²) in [6, 6.07) is 9.84. The van der Waals surface area contributed by atoms with Crippen LogP contribution in [0.4, 0.5) is 0 Å². The number of hydrogen-bond donors (Lipinski definition) is 1. The lowest BCUT2D eigenvalue weighted by atomic mass is 10.0. The molecule has 2 N–H and O–H groups in total. The van der Waals surface area contributed by atoms with E-state index in [1.807, 2.05) is 44.2 Å². The Bertz CT molecular complexity index is 504. The molecule has 2 aromatic rings. The Morgan fingerprint density at radius 2 is 1.88 bits per heavy atom. The molecule has 0 aliphatic carbocycles. The monoisotopic (exact) mass is 279 g/mol. The molecule has 2 nitrogen and oxygen atoms in total. The minimum atomic E-state index is -0.145. The second kappa shape index (κ2) is 4.44. The first kappa shape index (κ1) is 11.4. The zero-order chi connectivity index (χ0) is 11.7. The molecular formula is C13H14BrNO. The molecule has 3 heteroatoms. The van der Waals surface area contributed by atoms with Crippen molar-refractivity contribution >= 4 is 15.9 Å². The second-order valence-corrected chi connectivity index (χ2v) is 4.72. The maximum Gasteiger partial charge on any atom is 0.106 e. The van der Waals surface area contributed by atoms with E-state index >= 15 is 0 Å². The first-order valence-corrected chi connectivity index (χ1v) is 5.96. The highest BCUT2D eigenvalue weighted by molar-refractivity contribution is 9.10. The summed E-state index contributed by atoms with van der Waals surface area (Å²) in [5.41, 5.74) is 8.36. The fraction of sp³-hybridized carbons (Fsp3) is 0.231. The van der Waals surface area contributed by atoms with E-state index in [1.165, 1.54) is 0 Å². The van der Waals surface area contributed by atoms with Gasteiger partial charge in [-0.05, 0) is 31.5 Å². The van der Waals surface area contributed by atoms with Gasteiger partial charge in [0.15, 0.2) is 0 Å². The molecular weight excluding hydrogens is 266 g/mol. The van der Waals surface area contributed by atoms with E-state index < -0.39 is 0 Å². The predicted octanol–water partition coefficient (Wildman–Crippen LogP) is 3.71. The van der Waals surface area contributed by atoms with Crippen LogP contribution in [0, 0.1) is 13.8 Å². The van der Waals surface area contributed by atoms with Crippen molar-refractivity contribution in [2.45, 2.75) is 19.9 Å². The smallest absolute Gasteiger partial charge is 0.106 e. The van der Waals surface area contributed by atoms with Crippen LogP contribution in [-0.4, -0.2) is 0 Å². The van der Waals surface area contributed by atoms with Crippen LogP contribution in [0.3, 0.4) is 0 Å². The molecule has 0 saturated heterocycles. The van der Waals surface area contributed by atoms with Crippen LogP contribution in [0.25, 0.3) is 0 Å². The van der Waals surface area contributed by atoms with E-state index in [2.05, 4.69) is 15.9 Å². The van der Waals surface area contributed by atoms with Crippen molar-refractivity contribution in [2.24, 2.45) is 5.73 Å². The van der Waals surface area contributed by atoms with Gasteiger partial charge in [-0.25, -0.2) is 0 Å². The molecule has 0 amide bonds. The molecule has 84 valence electrons. The summed E-state index contributed by atoms with van der Waals surface area (Å²) in [7, 11) is 0. The zero-order valence-corrected chi connectivity index (χ0v) is 10.9. The Labute approximate surface area is 104 Å². The molecule has 1 aromatic carbocycles.